The molecule has 0 bridgehead atoms. The number of hydrogen-bond donors (Lipinski definition) is 0. The van der Waals surface area contributed by atoms with Crippen LogP contribution < -0.4 is 0 Å². The third-order valence-corrected chi connectivity index (χ3v) is 3.76. The smallest absolute Gasteiger partial charge is 0.0721 e. The van der Waals surface area contributed by atoms with Crippen LogP contribution in [0.25, 0.3) is 0 Å². The summed E-state index contributed by atoms with van der Waals surface area (Å²) in [5.74, 6) is 0.722. The van der Waals surface area contributed by atoms with Gasteiger partial charge in [0.15, 0.2) is 0 Å². The molecule has 0 aliphatic rings. The van der Waals surface area contributed by atoms with Crippen molar-refractivity contribution < 1.29 is 4.74 Å². The molecule has 1 nitrogen and oxygen atoms in total. The number of halogens is 1. The first-order chi connectivity index (χ1) is 10.9. The molecule has 0 saturated heterocycles. The second-order valence-corrected chi connectivity index (χ2v) is 6.03. The molecule has 2 heteroatoms. The van der Waals surface area contributed by atoms with Crippen molar-refractivity contribution in [3.8, 4) is 0 Å². The lowest BCUT2D eigenvalue weighted by Gasteiger charge is -1.99. The maximum Gasteiger partial charge on any atom is 0.0721 e. The van der Waals surface area contributed by atoms with E-state index in [1.165, 1.54) is 51.4 Å². The highest BCUT2D eigenvalue weighted by molar-refractivity contribution is 6.17. The van der Waals surface area contributed by atoms with Gasteiger partial charge in [-0.1, -0.05) is 57.6 Å². The Morgan fingerprint density at radius 1 is 0.818 bits per heavy atom. The van der Waals surface area contributed by atoms with Crippen molar-refractivity contribution >= 4 is 11.6 Å². The van der Waals surface area contributed by atoms with Crippen LogP contribution in [0.3, 0.4) is 0 Å². The summed E-state index contributed by atoms with van der Waals surface area (Å²) < 4.78 is 5.51. The average molecular weight is 327 g/mol. The zero-order chi connectivity index (χ0) is 16.1. The van der Waals surface area contributed by atoms with Gasteiger partial charge in [0.05, 0.1) is 13.2 Å². The third-order valence-electron chi connectivity index (χ3n) is 3.49. The predicted octanol–water partition coefficient (Wildman–Crippen LogP) is 6.82. The molecule has 0 aliphatic heterocycles. The molecular formula is C20H35ClO. The summed E-state index contributed by atoms with van der Waals surface area (Å²) in [4.78, 5) is 0. The number of alkyl halides is 1. The average Bonchev–Trinajstić information content (AvgIpc) is 2.54. The number of allylic oxidation sites excluding steroid dienone is 1. The van der Waals surface area contributed by atoms with Crippen molar-refractivity contribution in [1.82, 2.24) is 0 Å². The fraction of sp³-hybridized carbons (Fsp3) is 0.750. The maximum atomic E-state index is 5.59. The predicted molar refractivity (Wildman–Crippen MR) is 99.8 cm³/mol. The Morgan fingerprint density at radius 3 is 2.32 bits per heavy atom. The summed E-state index contributed by atoms with van der Waals surface area (Å²) in [6, 6.07) is 0. The normalized spacial score (nSPS) is 10.8. The van der Waals surface area contributed by atoms with Gasteiger partial charge in [0.1, 0.15) is 0 Å². The lowest BCUT2D eigenvalue weighted by molar-refractivity contribution is 0.167. The molecule has 0 N–H and O–H groups in total. The second kappa shape index (κ2) is 20.5. The Balaban J connectivity index is 3.19. The van der Waals surface area contributed by atoms with Crippen molar-refractivity contribution in [3.63, 3.8) is 0 Å². The van der Waals surface area contributed by atoms with Crippen LogP contribution in [0.2, 0.25) is 0 Å². The Morgan fingerprint density at radius 2 is 1.55 bits per heavy atom. The van der Waals surface area contributed by atoms with Crippen molar-refractivity contribution in [2.75, 3.05) is 19.1 Å². The van der Waals surface area contributed by atoms with Crippen molar-refractivity contribution in [3.05, 3.63) is 30.0 Å². The van der Waals surface area contributed by atoms with Gasteiger partial charge >= 0.3 is 0 Å². The van der Waals surface area contributed by atoms with Crippen molar-refractivity contribution in [2.45, 2.75) is 77.6 Å². The standard InChI is InChI=1S/C20H35ClO/c1-2-3-4-5-6-7-8-9-10-13-16-19-22-20-17-14-11-12-15-18-21/h10-11,13,17H,2-9,12,15-16,18-20H2,1H3/b13-10-. The van der Waals surface area contributed by atoms with Crippen LogP contribution in [0.15, 0.2) is 30.0 Å². The van der Waals surface area contributed by atoms with E-state index >= 15 is 0 Å². The SMILES string of the molecule is CCCCCCCCC/C=C\CCOCC=C=CCCCCl. The summed E-state index contributed by atoms with van der Waals surface area (Å²) >= 11 is 5.59. The van der Waals surface area contributed by atoms with Gasteiger partial charge in [-0.15, -0.1) is 17.3 Å². The van der Waals surface area contributed by atoms with Crippen LogP contribution in [0.1, 0.15) is 77.6 Å². The molecule has 0 rings (SSSR count). The van der Waals surface area contributed by atoms with E-state index in [-0.39, 0.29) is 0 Å². The van der Waals surface area contributed by atoms with Crippen LogP contribution in [0, 0.1) is 0 Å². The van der Waals surface area contributed by atoms with Gasteiger partial charge < -0.3 is 4.74 Å². The van der Waals surface area contributed by atoms with E-state index in [0.29, 0.717) is 6.61 Å². The van der Waals surface area contributed by atoms with E-state index in [9.17, 15) is 0 Å². The molecule has 0 aromatic heterocycles. The molecular weight excluding hydrogens is 292 g/mol. The summed E-state index contributed by atoms with van der Waals surface area (Å²) in [6.45, 7) is 3.72. The number of ether oxygens (including phenoxy) is 1. The molecule has 0 spiro atoms. The Labute approximate surface area is 143 Å². The highest BCUT2D eigenvalue weighted by Crippen LogP contribution is 2.08. The third kappa shape index (κ3) is 19.5. The van der Waals surface area contributed by atoms with E-state index in [1.807, 2.05) is 12.2 Å². The Hall–Kier alpha value is -0.490. The summed E-state index contributed by atoms with van der Waals surface area (Å²) in [7, 11) is 0. The molecule has 0 aromatic rings. The fourth-order valence-corrected chi connectivity index (χ4v) is 2.30. The van der Waals surface area contributed by atoms with Gasteiger partial charge in [0.25, 0.3) is 0 Å². The van der Waals surface area contributed by atoms with Crippen LogP contribution in [-0.4, -0.2) is 19.1 Å². The zero-order valence-corrected chi connectivity index (χ0v) is 15.3. The van der Waals surface area contributed by atoms with Crippen molar-refractivity contribution in [1.29, 1.82) is 0 Å². The fourth-order valence-electron chi connectivity index (χ4n) is 2.14. The van der Waals surface area contributed by atoms with Gasteiger partial charge in [-0.2, -0.15) is 0 Å². The Bertz CT molecular complexity index is 290. The van der Waals surface area contributed by atoms with E-state index in [0.717, 1.165) is 31.7 Å². The molecule has 128 valence electrons. The first-order valence-electron chi connectivity index (χ1n) is 9.10. The lowest BCUT2D eigenvalue weighted by atomic mass is 10.1. The molecule has 0 heterocycles. The Kier molecular flexibility index (Phi) is 20.1. The molecule has 0 aromatic carbocycles. The highest BCUT2D eigenvalue weighted by atomic mass is 35.5. The first kappa shape index (κ1) is 21.5. The molecule has 0 radical (unpaired) electrons. The van der Waals surface area contributed by atoms with Crippen LogP contribution in [0.4, 0.5) is 0 Å². The van der Waals surface area contributed by atoms with E-state index < -0.39 is 0 Å². The molecule has 0 atom stereocenters. The molecule has 22 heavy (non-hydrogen) atoms. The van der Waals surface area contributed by atoms with Gasteiger partial charge in [0.2, 0.25) is 0 Å². The first-order valence-corrected chi connectivity index (χ1v) is 9.63. The summed E-state index contributed by atoms with van der Waals surface area (Å²) in [5.41, 5.74) is 3.11. The molecule has 0 amide bonds. The summed E-state index contributed by atoms with van der Waals surface area (Å²) in [6.07, 6.45) is 22.5. The summed E-state index contributed by atoms with van der Waals surface area (Å²) in [5, 5.41) is 0. The quantitative estimate of drug-likeness (QED) is 0.131. The van der Waals surface area contributed by atoms with Gasteiger partial charge in [-0.25, -0.2) is 0 Å². The van der Waals surface area contributed by atoms with Crippen LogP contribution in [0.5, 0.6) is 0 Å². The largest absolute Gasteiger partial charge is 0.376 e. The number of rotatable bonds is 16. The maximum absolute atomic E-state index is 5.59. The minimum absolute atomic E-state index is 0.656. The number of hydrogen-bond acceptors (Lipinski definition) is 1. The topological polar surface area (TPSA) is 9.23 Å². The molecule has 0 saturated carbocycles. The van der Waals surface area contributed by atoms with E-state index in [4.69, 9.17) is 16.3 Å². The van der Waals surface area contributed by atoms with Gasteiger partial charge in [-0.3, -0.25) is 0 Å². The second-order valence-electron chi connectivity index (χ2n) is 5.65. The van der Waals surface area contributed by atoms with E-state index in [2.05, 4.69) is 24.8 Å². The van der Waals surface area contributed by atoms with Crippen LogP contribution >= 0.6 is 11.6 Å². The minimum Gasteiger partial charge on any atom is -0.376 e. The molecule has 0 fully saturated rings. The number of unbranched alkanes of at least 4 members (excludes halogenated alkanes) is 8. The van der Waals surface area contributed by atoms with E-state index in [1.54, 1.807) is 0 Å². The van der Waals surface area contributed by atoms with Gasteiger partial charge in [0, 0.05) is 5.88 Å². The molecule has 0 aliphatic carbocycles. The monoisotopic (exact) mass is 326 g/mol. The highest BCUT2D eigenvalue weighted by Gasteiger charge is 1.89. The lowest BCUT2D eigenvalue weighted by Crippen LogP contribution is -1.91. The van der Waals surface area contributed by atoms with Gasteiger partial charge in [-0.05, 0) is 44.3 Å². The molecule has 0 unspecified atom stereocenters. The minimum atomic E-state index is 0.656. The van der Waals surface area contributed by atoms with Crippen molar-refractivity contribution in [2.24, 2.45) is 0 Å². The zero-order valence-electron chi connectivity index (χ0n) is 14.5. The van der Waals surface area contributed by atoms with Crippen LogP contribution in [-0.2, 0) is 4.74 Å².